The van der Waals surface area contributed by atoms with Crippen LogP contribution in [-0.4, -0.2) is 53.5 Å². The van der Waals surface area contributed by atoms with Crippen LogP contribution in [-0.2, 0) is 11.2 Å². The highest BCUT2D eigenvalue weighted by molar-refractivity contribution is 7.09. The first-order valence-corrected chi connectivity index (χ1v) is 9.83. The maximum atomic E-state index is 12.2. The molecule has 0 spiro atoms. The summed E-state index contributed by atoms with van der Waals surface area (Å²) in [7, 11) is 1.67. The number of hydrogen-bond acceptors (Lipinski definition) is 6. The predicted octanol–water partition coefficient (Wildman–Crippen LogP) is 2.83. The summed E-state index contributed by atoms with van der Waals surface area (Å²) in [6, 6.07) is 7.99. The van der Waals surface area contributed by atoms with E-state index in [1.54, 1.807) is 7.11 Å². The van der Waals surface area contributed by atoms with Gasteiger partial charge in [-0.05, 0) is 24.1 Å². The molecule has 2 heterocycles. The van der Waals surface area contributed by atoms with Crippen LogP contribution in [0, 0.1) is 5.92 Å². The summed E-state index contributed by atoms with van der Waals surface area (Å²) in [5.41, 5.74) is 1.14. The molecule has 1 fully saturated rings. The van der Waals surface area contributed by atoms with Crippen LogP contribution in [0.4, 0.5) is 5.13 Å². The minimum Gasteiger partial charge on any atom is -0.497 e. The number of hydrogen-bond donors (Lipinski definition) is 0. The first kappa shape index (κ1) is 18.6. The van der Waals surface area contributed by atoms with E-state index in [0.29, 0.717) is 6.42 Å². The van der Waals surface area contributed by atoms with Gasteiger partial charge in [0.15, 0.2) is 0 Å². The Morgan fingerprint density at radius 3 is 2.88 bits per heavy atom. The van der Waals surface area contributed by atoms with Crippen LogP contribution in [0.1, 0.15) is 31.7 Å². The highest BCUT2D eigenvalue weighted by Gasteiger charge is 2.22. The minimum atomic E-state index is 0.0533. The van der Waals surface area contributed by atoms with Gasteiger partial charge in [0.1, 0.15) is 11.6 Å². The third-order valence-electron chi connectivity index (χ3n) is 4.53. The van der Waals surface area contributed by atoms with Crippen molar-refractivity contribution in [2.45, 2.75) is 26.7 Å². The van der Waals surface area contributed by atoms with Crippen LogP contribution in [0.25, 0.3) is 0 Å². The zero-order valence-corrected chi connectivity index (χ0v) is 16.5. The number of nitrogens with zero attached hydrogens (tertiary/aromatic N) is 4. The maximum Gasteiger partial charge on any atom is 0.225 e. The lowest BCUT2D eigenvalue weighted by Gasteiger charge is -2.23. The van der Waals surface area contributed by atoms with E-state index in [9.17, 15) is 4.79 Å². The summed E-state index contributed by atoms with van der Waals surface area (Å²) < 4.78 is 9.80. The molecule has 0 radical (unpaired) electrons. The topological polar surface area (TPSA) is 58.6 Å². The van der Waals surface area contributed by atoms with Gasteiger partial charge in [-0.1, -0.05) is 26.0 Å². The molecule has 1 saturated heterocycles. The van der Waals surface area contributed by atoms with Gasteiger partial charge >= 0.3 is 0 Å². The largest absolute Gasteiger partial charge is 0.497 e. The number of carbonyl (C=O) groups is 1. The van der Waals surface area contributed by atoms with E-state index in [2.05, 4.69) is 15.3 Å². The second kappa shape index (κ2) is 8.49. The molecule has 0 bridgehead atoms. The van der Waals surface area contributed by atoms with Crippen molar-refractivity contribution in [1.82, 2.24) is 14.3 Å². The standard InChI is InChI=1S/C19H26N4O2S/c1-14(2)18(24)22-8-5-9-23(11-10-22)19-20-17(21-26-19)13-15-6-4-7-16(12-15)25-3/h4,6-7,12,14H,5,8-11,13H2,1-3H3. The molecule has 0 N–H and O–H groups in total. The molecule has 1 aromatic carbocycles. The highest BCUT2D eigenvalue weighted by atomic mass is 32.1. The quantitative estimate of drug-likeness (QED) is 0.805. The molecule has 1 aromatic heterocycles. The van der Waals surface area contributed by atoms with Crippen LogP contribution < -0.4 is 9.64 Å². The number of aromatic nitrogens is 2. The van der Waals surface area contributed by atoms with Gasteiger partial charge in [0.2, 0.25) is 11.0 Å². The van der Waals surface area contributed by atoms with E-state index in [1.165, 1.54) is 11.5 Å². The zero-order valence-electron chi connectivity index (χ0n) is 15.6. The van der Waals surface area contributed by atoms with Crippen LogP contribution in [0.2, 0.25) is 0 Å². The minimum absolute atomic E-state index is 0.0533. The molecule has 140 valence electrons. The number of ether oxygens (including phenoxy) is 1. The molecule has 26 heavy (non-hydrogen) atoms. The van der Waals surface area contributed by atoms with Crippen LogP contribution in [0.15, 0.2) is 24.3 Å². The molecular formula is C19H26N4O2S. The lowest BCUT2D eigenvalue weighted by molar-refractivity contribution is -0.134. The van der Waals surface area contributed by atoms with Crippen molar-refractivity contribution < 1.29 is 9.53 Å². The molecule has 1 aliphatic rings. The lowest BCUT2D eigenvalue weighted by atomic mass is 10.1. The lowest BCUT2D eigenvalue weighted by Crippen LogP contribution is -2.37. The van der Waals surface area contributed by atoms with Gasteiger partial charge in [0.25, 0.3) is 0 Å². The van der Waals surface area contributed by atoms with Gasteiger partial charge < -0.3 is 14.5 Å². The molecule has 0 aliphatic carbocycles. The second-order valence-electron chi connectivity index (χ2n) is 6.84. The fraction of sp³-hybridized carbons (Fsp3) is 0.526. The van der Waals surface area contributed by atoms with E-state index >= 15 is 0 Å². The van der Waals surface area contributed by atoms with Crippen molar-refractivity contribution in [3.8, 4) is 5.75 Å². The van der Waals surface area contributed by atoms with E-state index in [-0.39, 0.29) is 11.8 Å². The van der Waals surface area contributed by atoms with Gasteiger partial charge in [-0.15, -0.1) is 0 Å². The molecule has 7 heteroatoms. The molecule has 0 unspecified atom stereocenters. The Kier molecular flexibility index (Phi) is 6.08. The van der Waals surface area contributed by atoms with Gasteiger partial charge in [0, 0.05) is 50.1 Å². The molecular weight excluding hydrogens is 348 g/mol. The zero-order chi connectivity index (χ0) is 18.5. The Morgan fingerprint density at radius 1 is 1.27 bits per heavy atom. The summed E-state index contributed by atoms with van der Waals surface area (Å²) in [6.07, 6.45) is 1.66. The maximum absolute atomic E-state index is 12.2. The number of benzene rings is 1. The number of amides is 1. The van der Waals surface area contributed by atoms with E-state index in [4.69, 9.17) is 9.72 Å². The monoisotopic (exact) mass is 374 g/mol. The summed E-state index contributed by atoms with van der Waals surface area (Å²) in [5.74, 6) is 1.97. The SMILES string of the molecule is COc1cccc(Cc2nsc(N3CCCN(C(=O)C(C)C)CC3)n2)c1. The van der Waals surface area contributed by atoms with E-state index in [1.807, 2.05) is 36.9 Å². The summed E-state index contributed by atoms with van der Waals surface area (Å²) >= 11 is 1.44. The van der Waals surface area contributed by atoms with Crippen molar-refractivity contribution in [2.75, 3.05) is 38.2 Å². The Morgan fingerprint density at radius 2 is 2.12 bits per heavy atom. The Bertz CT molecular complexity index is 747. The summed E-state index contributed by atoms with van der Waals surface area (Å²) in [6.45, 7) is 7.22. The Labute approximate surface area is 159 Å². The second-order valence-corrected chi connectivity index (χ2v) is 7.57. The first-order valence-electron chi connectivity index (χ1n) is 9.06. The number of methoxy groups -OCH3 is 1. The third kappa shape index (κ3) is 4.52. The molecule has 0 saturated carbocycles. The van der Waals surface area contributed by atoms with Gasteiger partial charge in [-0.3, -0.25) is 4.79 Å². The van der Waals surface area contributed by atoms with Crippen LogP contribution in [0.5, 0.6) is 5.75 Å². The number of anilines is 1. The van der Waals surface area contributed by atoms with Crippen molar-refractivity contribution in [1.29, 1.82) is 0 Å². The Hall–Kier alpha value is -2.15. The van der Waals surface area contributed by atoms with Gasteiger partial charge in [-0.25, -0.2) is 4.98 Å². The number of carbonyl (C=O) groups excluding carboxylic acids is 1. The smallest absolute Gasteiger partial charge is 0.225 e. The summed E-state index contributed by atoms with van der Waals surface area (Å²) in [5, 5.41) is 0.946. The van der Waals surface area contributed by atoms with E-state index < -0.39 is 0 Å². The first-order chi connectivity index (χ1) is 12.6. The average molecular weight is 375 g/mol. The highest BCUT2D eigenvalue weighted by Crippen LogP contribution is 2.22. The van der Waals surface area contributed by atoms with Gasteiger partial charge in [0.05, 0.1) is 7.11 Å². The normalized spacial score (nSPS) is 15.2. The van der Waals surface area contributed by atoms with Crippen LogP contribution in [0.3, 0.4) is 0 Å². The fourth-order valence-electron chi connectivity index (χ4n) is 3.10. The Balaban J connectivity index is 1.63. The predicted molar refractivity (Wildman–Crippen MR) is 104 cm³/mol. The molecule has 0 atom stereocenters. The van der Waals surface area contributed by atoms with Crippen molar-refractivity contribution in [3.05, 3.63) is 35.7 Å². The molecule has 6 nitrogen and oxygen atoms in total. The van der Waals surface area contributed by atoms with Crippen molar-refractivity contribution in [2.24, 2.45) is 5.92 Å². The van der Waals surface area contributed by atoms with Crippen LogP contribution >= 0.6 is 11.5 Å². The average Bonchev–Trinajstić information content (AvgIpc) is 2.96. The molecule has 1 aliphatic heterocycles. The van der Waals surface area contributed by atoms with Gasteiger partial charge in [-0.2, -0.15) is 4.37 Å². The number of rotatable bonds is 5. The van der Waals surface area contributed by atoms with Crippen molar-refractivity contribution >= 4 is 22.6 Å². The third-order valence-corrected chi connectivity index (χ3v) is 5.34. The fourth-order valence-corrected chi connectivity index (χ4v) is 3.84. The van der Waals surface area contributed by atoms with E-state index in [0.717, 1.165) is 54.9 Å². The molecule has 3 rings (SSSR count). The van der Waals surface area contributed by atoms with Crippen molar-refractivity contribution in [3.63, 3.8) is 0 Å². The molecule has 1 amide bonds. The molecule has 2 aromatic rings. The summed E-state index contributed by atoms with van der Waals surface area (Å²) in [4.78, 5) is 21.2.